The highest BCUT2D eigenvalue weighted by Gasteiger charge is 2.32. The highest BCUT2D eigenvalue weighted by molar-refractivity contribution is 7.91. The Kier molecular flexibility index (Phi) is 2.70. The number of halogens is 3. The number of sulfone groups is 1. The summed E-state index contributed by atoms with van der Waals surface area (Å²) in [5, 5.41) is 9.53. The number of benzene rings is 1. The van der Waals surface area contributed by atoms with E-state index in [1.54, 1.807) is 0 Å². The van der Waals surface area contributed by atoms with Crippen LogP contribution in [-0.4, -0.2) is 24.6 Å². The van der Waals surface area contributed by atoms with E-state index in [0.29, 0.717) is 6.07 Å². The second-order valence-corrected chi connectivity index (χ2v) is 5.98. The van der Waals surface area contributed by atoms with Crippen LogP contribution in [0.15, 0.2) is 23.1 Å². The van der Waals surface area contributed by atoms with Crippen LogP contribution in [0.4, 0.5) is 19.0 Å². The van der Waals surface area contributed by atoms with Crippen LogP contribution in [0.25, 0.3) is 10.9 Å². The molecule has 1 aromatic carbocycles. The van der Waals surface area contributed by atoms with E-state index in [9.17, 15) is 26.8 Å². The largest absolute Gasteiger partial charge is 0.426 e. The maximum absolute atomic E-state index is 12.5. The Hall–Kier alpha value is -1.90. The highest BCUT2D eigenvalue weighted by Crippen LogP contribution is 2.36. The zero-order chi connectivity index (χ0) is 14.6. The molecule has 0 spiro atoms. The standard InChI is InChI=1S/C10H9F3N2O3S/c1-19(17,18)8-6-3-2-5(10(11,12)13)4-7(6)15(16)9(8)14/h2-4,16H,14H2,1H3. The summed E-state index contributed by atoms with van der Waals surface area (Å²) in [6, 6.07) is 2.34. The topological polar surface area (TPSA) is 85.3 Å². The first-order chi connectivity index (χ1) is 8.53. The van der Waals surface area contributed by atoms with E-state index in [2.05, 4.69) is 0 Å². The molecule has 104 valence electrons. The second kappa shape index (κ2) is 3.80. The molecule has 0 saturated carbocycles. The molecule has 19 heavy (non-hydrogen) atoms. The molecule has 0 unspecified atom stereocenters. The zero-order valence-electron chi connectivity index (χ0n) is 9.56. The lowest BCUT2D eigenvalue weighted by molar-refractivity contribution is -0.137. The minimum absolute atomic E-state index is 0.0597. The van der Waals surface area contributed by atoms with Crippen LogP contribution in [-0.2, 0) is 16.0 Å². The number of nitrogen functional groups attached to an aromatic ring is 1. The summed E-state index contributed by atoms with van der Waals surface area (Å²) >= 11 is 0. The SMILES string of the molecule is CS(=O)(=O)c1c(N)n(O)c2cc(C(F)(F)F)ccc12. The summed E-state index contributed by atoms with van der Waals surface area (Å²) in [4.78, 5) is -0.390. The predicted octanol–water partition coefficient (Wildman–Crippen LogP) is 1.88. The summed E-state index contributed by atoms with van der Waals surface area (Å²) in [5.74, 6) is -0.517. The average molecular weight is 294 g/mol. The number of rotatable bonds is 1. The van der Waals surface area contributed by atoms with Gasteiger partial charge in [-0.3, -0.25) is 0 Å². The van der Waals surface area contributed by atoms with Crippen LogP contribution in [0.1, 0.15) is 5.56 Å². The van der Waals surface area contributed by atoms with E-state index in [1.165, 1.54) is 0 Å². The molecule has 1 heterocycles. The van der Waals surface area contributed by atoms with E-state index in [-0.39, 0.29) is 15.6 Å². The van der Waals surface area contributed by atoms with Crippen molar-refractivity contribution in [1.29, 1.82) is 0 Å². The Morgan fingerprint density at radius 3 is 2.37 bits per heavy atom. The van der Waals surface area contributed by atoms with E-state index in [0.717, 1.165) is 18.4 Å². The molecule has 5 nitrogen and oxygen atoms in total. The lowest BCUT2D eigenvalue weighted by atomic mass is 10.1. The fourth-order valence-corrected chi connectivity index (χ4v) is 2.87. The van der Waals surface area contributed by atoms with Gasteiger partial charge in [0.05, 0.1) is 11.1 Å². The van der Waals surface area contributed by atoms with Gasteiger partial charge in [-0.1, -0.05) is 6.07 Å². The molecule has 0 atom stereocenters. The van der Waals surface area contributed by atoms with Gasteiger partial charge in [0.15, 0.2) is 15.7 Å². The lowest BCUT2D eigenvalue weighted by Crippen LogP contribution is -2.05. The minimum Gasteiger partial charge on any atom is -0.426 e. The summed E-state index contributed by atoms with van der Waals surface area (Å²) < 4.78 is 61.0. The van der Waals surface area contributed by atoms with E-state index in [4.69, 9.17) is 5.73 Å². The maximum atomic E-state index is 12.5. The van der Waals surface area contributed by atoms with Crippen LogP contribution >= 0.6 is 0 Å². The van der Waals surface area contributed by atoms with Crippen LogP contribution in [0.5, 0.6) is 0 Å². The third kappa shape index (κ3) is 2.09. The first-order valence-electron chi connectivity index (χ1n) is 4.94. The number of nitrogens with two attached hydrogens (primary N) is 1. The third-order valence-corrected chi connectivity index (χ3v) is 3.80. The van der Waals surface area contributed by atoms with Crippen LogP contribution < -0.4 is 5.73 Å². The van der Waals surface area contributed by atoms with Gasteiger partial charge < -0.3 is 10.9 Å². The molecule has 0 aliphatic rings. The molecule has 0 amide bonds. The van der Waals surface area contributed by atoms with Gasteiger partial charge in [0.1, 0.15) is 4.90 Å². The van der Waals surface area contributed by atoms with Gasteiger partial charge in [-0.25, -0.2) is 8.42 Å². The van der Waals surface area contributed by atoms with Crippen LogP contribution in [0.3, 0.4) is 0 Å². The van der Waals surface area contributed by atoms with E-state index in [1.807, 2.05) is 0 Å². The molecular formula is C10H9F3N2O3S. The van der Waals surface area contributed by atoms with Crippen molar-refractivity contribution in [3.8, 4) is 0 Å². The number of hydrogen-bond acceptors (Lipinski definition) is 4. The van der Waals surface area contributed by atoms with E-state index >= 15 is 0 Å². The predicted molar refractivity (Wildman–Crippen MR) is 61.6 cm³/mol. The normalized spacial score (nSPS) is 13.1. The second-order valence-electron chi connectivity index (χ2n) is 4.03. The molecule has 0 aliphatic carbocycles. The van der Waals surface area contributed by atoms with Crippen molar-refractivity contribution < 1.29 is 26.8 Å². The summed E-state index contributed by atoms with van der Waals surface area (Å²) in [6.45, 7) is 0. The molecule has 0 bridgehead atoms. The molecule has 0 fully saturated rings. The Balaban J connectivity index is 2.89. The Labute approximate surface area is 105 Å². The molecular weight excluding hydrogens is 285 g/mol. The number of hydrogen-bond donors (Lipinski definition) is 2. The third-order valence-electron chi connectivity index (χ3n) is 2.63. The molecule has 0 radical (unpaired) electrons. The Morgan fingerprint density at radius 1 is 1.32 bits per heavy atom. The number of alkyl halides is 3. The number of aromatic nitrogens is 1. The van der Waals surface area contributed by atoms with Crippen LogP contribution in [0, 0.1) is 0 Å². The fraction of sp³-hybridized carbons (Fsp3) is 0.200. The average Bonchev–Trinajstić information content (AvgIpc) is 2.49. The Morgan fingerprint density at radius 2 is 1.89 bits per heavy atom. The van der Waals surface area contributed by atoms with Crippen molar-refractivity contribution in [1.82, 2.24) is 4.73 Å². The quantitative estimate of drug-likeness (QED) is 0.786. The first kappa shape index (κ1) is 13.5. The fourth-order valence-electron chi connectivity index (χ4n) is 1.83. The van der Waals surface area contributed by atoms with Gasteiger partial charge in [0.2, 0.25) is 0 Å². The molecule has 1 aromatic heterocycles. The van der Waals surface area contributed by atoms with Gasteiger partial charge in [-0.15, -0.1) is 0 Å². The van der Waals surface area contributed by atoms with Gasteiger partial charge in [-0.05, 0) is 12.1 Å². The van der Waals surface area contributed by atoms with Gasteiger partial charge in [0, 0.05) is 11.6 Å². The smallest absolute Gasteiger partial charge is 0.416 e. The van der Waals surface area contributed by atoms with Crippen molar-refractivity contribution >= 4 is 26.6 Å². The van der Waals surface area contributed by atoms with Gasteiger partial charge in [-0.2, -0.15) is 17.9 Å². The van der Waals surface area contributed by atoms with Gasteiger partial charge in [0.25, 0.3) is 0 Å². The van der Waals surface area contributed by atoms with E-state index < -0.39 is 32.3 Å². The molecule has 9 heteroatoms. The number of anilines is 1. The zero-order valence-corrected chi connectivity index (χ0v) is 10.4. The molecule has 2 aromatic rings. The van der Waals surface area contributed by atoms with Crippen molar-refractivity contribution in [3.63, 3.8) is 0 Å². The monoisotopic (exact) mass is 294 g/mol. The minimum atomic E-state index is -4.60. The van der Waals surface area contributed by atoms with Gasteiger partial charge >= 0.3 is 6.18 Å². The molecule has 3 N–H and O–H groups in total. The van der Waals surface area contributed by atoms with Crippen LogP contribution in [0.2, 0.25) is 0 Å². The highest BCUT2D eigenvalue weighted by atomic mass is 32.2. The maximum Gasteiger partial charge on any atom is 0.416 e. The lowest BCUT2D eigenvalue weighted by Gasteiger charge is -2.06. The summed E-state index contributed by atoms with van der Waals surface area (Å²) in [5.41, 5.74) is 4.09. The summed E-state index contributed by atoms with van der Waals surface area (Å²) in [6.07, 6.45) is -3.74. The number of nitrogens with zero attached hydrogens (tertiary/aromatic N) is 1. The van der Waals surface area contributed by atoms with Crippen molar-refractivity contribution in [2.45, 2.75) is 11.1 Å². The Bertz CT molecular complexity index is 762. The summed E-state index contributed by atoms with van der Waals surface area (Å²) in [7, 11) is -3.77. The molecule has 2 rings (SSSR count). The number of fused-ring (bicyclic) bond motifs is 1. The van der Waals surface area contributed by atoms with Crippen molar-refractivity contribution in [2.75, 3.05) is 12.0 Å². The van der Waals surface area contributed by atoms with Crippen molar-refractivity contribution in [2.24, 2.45) is 0 Å². The first-order valence-corrected chi connectivity index (χ1v) is 6.83. The molecule has 0 aliphatic heterocycles. The molecule has 0 saturated heterocycles. The van der Waals surface area contributed by atoms with Crippen molar-refractivity contribution in [3.05, 3.63) is 23.8 Å².